The van der Waals surface area contributed by atoms with Gasteiger partial charge < -0.3 is 11.1 Å². The molecule has 1 unspecified atom stereocenters. The van der Waals surface area contributed by atoms with Crippen LogP contribution in [0.3, 0.4) is 0 Å². The summed E-state index contributed by atoms with van der Waals surface area (Å²) in [5.74, 6) is -0.326. The molecular formula is C11H14N6O. The Morgan fingerprint density at radius 2 is 2.39 bits per heavy atom. The summed E-state index contributed by atoms with van der Waals surface area (Å²) in [7, 11) is 0. The fourth-order valence-electron chi connectivity index (χ4n) is 1.38. The maximum Gasteiger partial charge on any atom is 0.228 e. The number of nitrogens with one attached hydrogen (secondary N) is 1. The third-order valence-corrected chi connectivity index (χ3v) is 2.53. The molecule has 2 aromatic rings. The second kappa shape index (κ2) is 5.37. The van der Waals surface area contributed by atoms with E-state index in [1.54, 1.807) is 19.1 Å². The smallest absolute Gasteiger partial charge is 0.228 e. The number of nitrogens with zero attached hydrogens (tertiary/aromatic N) is 4. The molecule has 3 N–H and O–H groups in total. The highest BCUT2D eigenvalue weighted by atomic mass is 16.1. The van der Waals surface area contributed by atoms with E-state index >= 15 is 0 Å². The van der Waals surface area contributed by atoms with E-state index in [0.29, 0.717) is 12.2 Å². The lowest BCUT2D eigenvalue weighted by atomic mass is 10.1. The van der Waals surface area contributed by atoms with Gasteiger partial charge in [-0.3, -0.25) is 4.79 Å². The normalized spacial score (nSPS) is 12.1. The number of rotatable bonds is 4. The lowest BCUT2D eigenvalue weighted by Gasteiger charge is -2.10. The van der Waals surface area contributed by atoms with Gasteiger partial charge in [-0.1, -0.05) is 13.0 Å². The molecule has 0 radical (unpaired) electrons. The third-order valence-electron chi connectivity index (χ3n) is 2.53. The van der Waals surface area contributed by atoms with Crippen molar-refractivity contribution < 1.29 is 4.79 Å². The van der Waals surface area contributed by atoms with Crippen LogP contribution in [0.4, 0.5) is 5.69 Å². The fourth-order valence-corrected chi connectivity index (χ4v) is 1.38. The van der Waals surface area contributed by atoms with Crippen molar-refractivity contribution in [1.29, 1.82) is 0 Å². The Bertz CT molecular complexity index is 524. The summed E-state index contributed by atoms with van der Waals surface area (Å²) in [6, 6.07) is 7.25. The van der Waals surface area contributed by atoms with E-state index < -0.39 is 0 Å². The zero-order chi connectivity index (χ0) is 13.0. The Hall–Kier alpha value is -2.28. The van der Waals surface area contributed by atoms with E-state index in [1.807, 2.05) is 12.1 Å². The Morgan fingerprint density at radius 1 is 1.56 bits per heavy atom. The van der Waals surface area contributed by atoms with E-state index in [2.05, 4.69) is 20.8 Å². The predicted molar refractivity (Wildman–Crippen MR) is 66.0 cm³/mol. The first-order valence-electron chi connectivity index (χ1n) is 5.55. The van der Waals surface area contributed by atoms with Gasteiger partial charge in [0.15, 0.2) is 0 Å². The van der Waals surface area contributed by atoms with E-state index in [0.717, 1.165) is 5.69 Å². The van der Waals surface area contributed by atoms with Crippen LogP contribution in [0, 0.1) is 5.92 Å². The molecule has 0 saturated carbocycles. The molecule has 94 valence electrons. The molecule has 0 spiro atoms. The number of nitrogens with two attached hydrogens (primary N) is 1. The standard InChI is InChI=1S/C11H14N6O/c1-8(6-12)11(18)14-9-3-2-4-10(5-9)17-7-13-15-16-17/h2-5,7-8H,6,12H2,1H3,(H,14,18). The molecule has 0 aliphatic rings. The molecule has 7 heteroatoms. The van der Waals surface area contributed by atoms with Crippen LogP contribution in [-0.2, 0) is 4.79 Å². The second-order valence-electron chi connectivity index (χ2n) is 3.93. The molecule has 7 nitrogen and oxygen atoms in total. The Kier molecular flexibility index (Phi) is 3.63. The van der Waals surface area contributed by atoms with Crippen molar-refractivity contribution in [2.45, 2.75) is 6.92 Å². The molecule has 0 bridgehead atoms. The average molecular weight is 246 g/mol. The molecule has 1 aromatic heterocycles. The topological polar surface area (TPSA) is 98.7 Å². The second-order valence-corrected chi connectivity index (χ2v) is 3.93. The SMILES string of the molecule is CC(CN)C(=O)Nc1cccc(-n2cnnn2)c1. The van der Waals surface area contributed by atoms with Gasteiger partial charge >= 0.3 is 0 Å². The summed E-state index contributed by atoms with van der Waals surface area (Å²) in [6.45, 7) is 2.10. The van der Waals surface area contributed by atoms with E-state index in [9.17, 15) is 4.79 Å². The number of aromatic nitrogens is 4. The zero-order valence-corrected chi connectivity index (χ0v) is 9.95. The van der Waals surface area contributed by atoms with Gasteiger partial charge in [-0.25, -0.2) is 4.68 Å². The Morgan fingerprint density at radius 3 is 3.06 bits per heavy atom. The largest absolute Gasteiger partial charge is 0.330 e. The van der Waals surface area contributed by atoms with Gasteiger partial charge in [-0.15, -0.1) is 5.10 Å². The van der Waals surface area contributed by atoms with Crippen LogP contribution in [-0.4, -0.2) is 32.7 Å². The average Bonchev–Trinajstić information content (AvgIpc) is 2.92. The zero-order valence-electron chi connectivity index (χ0n) is 9.95. The van der Waals surface area contributed by atoms with Crippen LogP contribution in [0.15, 0.2) is 30.6 Å². The van der Waals surface area contributed by atoms with Crippen LogP contribution in [0.1, 0.15) is 6.92 Å². The molecule has 2 rings (SSSR count). The van der Waals surface area contributed by atoms with Crippen molar-refractivity contribution >= 4 is 11.6 Å². The fraction of sp³-hybridized carbons (Fsp3) is 0.273. The van der Waals surface area contributed by atoms with Gasteiger partial charge in [-0.2, -0.15) is 0 Å². The van der Waals surface area contributed by atoms with E-state index in [4.69, 9.17) is 5.73 Å². The van der Waals surface area contributed by atoms with Crippen LogP contribution >= 0.6 is 0 Å². The van der Waals surface area contributed by atoms with Crippen LogP contribution in [0.5, 0.6) is 0 Å². The first-order chi connectivity index (χ1) is 8.70. The maximum atomic E-state index is 11.7. The van der Waals surface area contributed by atoms with Crippen molar-refractivity contribution in [2.75, 3.05) is 11.9 Å². The van der Waals surface area contributed by atoms with Crippen molar-refractivity contribution in [3.8, 4) is 5.69 Å². The van der Waals surface area contributed by atoms with Gasteiger partial charge in [-0.05, 0) is 28.6 Å². The van der Waals surface area contributed by atoms with Crippen molar-refractivity contribution in [2.24, 2.45) is 11.7 Å². The minimum absolute atomic E-state index is 0.105. The van der Waals surface area contributed by atoms with Gasteiger partial charge in [0, 0.05) is 18.2 Å². The van der Waals surface area contributed by atoms with Crippen LogP contribution < -0.4 is 11.1 Å². The molecular weight excluding hydrogens is 232 g/mol. The minimum Gasteiger partial charge on any atom is -0.330 e. The lowest BCUT2D eigenvalue weighted by Crippen LogP contribution is -2.26. The lowest BCUT2D eigenvalue weighted by molar-refractivity contribution is -0.119. The number of carbonyl (C=O) groups excluding carboxylic acids is 1. The Balaban J connectivity index is 2.16. The molecule has 1 amide bonds. The molecule has 1 aromatic carbocycles. The number of hydrogen-bond acceptors (Lipinski definition) is 5. The van der Waals surface area contributed by atoms with Crippen LogP contribution in [0.25, 0.3) is 5.69 Å². The monoisotopic (exact) mass is 246 g/mol. The number of hydrogen-bond donors (Lipinski definition) is 2. The summed E-state index contributed by atoms with van der Waals surface area (Å²) < 4.78 is 1.52. The molecule has 1 atom stereocenters. The summed E-state index contributed by atoms with van der Waals surface area (Å²) in [6.07, 6.45) is 1.49. The Labute approximate surface area is 104 Å². The first-order valence-corrected chi connectivity index (χ1v) is 5.55. The molecule has 0 saturated heterocycles. The van der Waals surface area contributed by atoms with Crippen molar-refractivity contribution in [3.63, 3.8) is 0 Å². The molecule has 0 aliphatic carbocycles. The predicted octanol–water partition coefficient (Wildman–Crippen LogP) is 0.196. The number of carbonyl (C=O) groups is 1. The van der Waals surface area contributed by atoms with Crippen molar-refractivity contribution in [3.05, 3.63) is 30.6 Å². The van der Waals surface area contributed by atoms with Gasteiger partial charge in [0.2, 0.25) is 5.91 Å². The number of anilines is 1. The highest BCUT2D eigenvalue weighted by Gasteiger charge is 2.11. The molecule has 18 heavy (non-hydrogen) atoms. The number of benzene rings is 1. The maximum absolute atomic E-state index is 11.7. The molecule has 0 aliphatic heterocycles. The quantitative estimate of drug-likeness (QED) is 0.802. The summed E-state index contributed by atoms with van der Waals surface area (Å²) in [4.78, 5) is 11.7. The first kappa shape index (κ1) is 12.2. The number of tetrazole rings is 1. The van der Waals surface area contributed by atoms with Gasteiger partial charge in [0.1, 0.15) is 6.33 Å². The van der Waals surface area contributed by atoms with E-state index in [1.165, 1.54) is 11.0 Å². The van der Waals surface area contributed by atoms with Crippen LogP contribution in [0.2, 0.25) is 0 Å². The summed E-state index contributed by atoms with van der Waals surface area (Å²) >= 11 is 0. The summed E-state index contributed by atoms with van der Waals surface area (Å²) in [5, 5.41) is 13.7. The van der Waals surface area contributed by atoms with Gasteiger partial charge in [0.25, 0.3) is 0 Å². The molecule has 0 fully saturated rings. The third kappa shape index (κ3) is 2.69. The highest BCUT2D eigenvalue weighted by molar-refractivity contribution is 5.92. The van der Waals surface area contributed by atoms with E-state index in [-0.39, 0.29) is 11.8 Å². The molecule has 1 heterocycles. The number of amides is 1. The van der Waals surface area contributed by atoms with Gasteiger partial charge in [0.05, 0.1) is 5.69 Å². The highest BCUT2D eigenvalue weighted by Crippen LogP contribution is 2.14. The minimum atomic E-state index is -0.221. The summed E-state index contributed by atoms with van der Waals surface area (Å²) in [5.41, 5.74) is 6.91. The van der Waals surface area contributed by atoms with Crippen molar-refractivity contribution in [1.82, 2.24) is 20.2 Å².